The maximum Gasteiger partial charge on any atom is 0.191 e. The smallest absolute Gasteiger partial charge is 0.191 e. The third kappa shape index (κ3) is 5.82. The minimum absolute atomic E-state index is 0. The minimum Gasteiger partial charge on any atom is -0.378 e. The first-order valence-electron chi connectivity index (χ1n) is 8.33. The molecule has 0 aliphatic carbocycles. The van der Waals surface area contributed by atoms with E-state index in [9.17, 15) is 4.39 Å². The average molecular weight is 490 g/mol. The monoisotopic (exact) mass is 490 g/mol. The molecule has 0 bridgehead atoms. The number of morpholine rings is 1. The van der Waals surface area contributed by atoms with Crippen LogP contribution in [-0.2, 0) is 17.8 Å². The number of hydrogen-bond donors (Lipinski definition) is 2. The second-order valence-corrected chi connectivity index (χ2v) is 6.58. The summed E-state index contributed by atoms with van der Waals surface area (Å²) in [6, 6.07) is 7.46. The Morgan fingerprint density at radius 1 is 1.19 bits per heavy atom. The molecule has 0 spiro atoms. The van der Waals surface area contributed by atoms with Gasteiger partial charge in [-0.1, -0.05) is 6.07 Å². The number of nitrogens with one attached hydrogen (secondary N) is 2. The third-order valence-electron chi connectivity index (χ3n) is 4.09. The second kappa shape index (κ2) is 10.7. The molecular weight excluding hydrogens is 466 g/mol. The van der Waals surface area contributed by atoms with Crippen molar-refractivity contribution in [1.29, 1.82) is 0 Å². The maximum atomic E-state index is 14.4. The summed E-state index contributed by atoms with van der Waals surface area (Å²) >= 11 is 1.67. The number of anilines is 1. The van der Waals surface area contributed by atoms with Gasteiger partial charge in [0.1, 0.15) is 5.82 Å². The summed E-state index contributed by atoms with van der Waals surface area (Å²) < 4.78 is 19.7. The van der Waals surface area contributed by atoms with Crippen molar-refractivity contribution in [2.24, 2.45) is 4.99 Å². The first-order valence-corrected chi connectivity index (χ1v) is 9.27. The SMILES string of the molecule is CN=C(NCc1ccsc1)NCc1ccc(N2CCOCC2)c(F)c1.I. The van der Waals surface area contributed by atoms with Crippen LogP contribution in [0.5, 0.6) is 0 Å². The van der Waals surface area contributed by atoms with Crippen LogP contribution >= 0.6 is 35.3 Å². The summed E-state index contributed by atoms with van der Waals surface area (Å²) in [6.07, 6.45) is 0. The molecule has 5 nitrogen and oxygen atoms in total. The van der Waals surface area contributed by atoms with Crippen molar-refractivity contribution in [2.45, 2.75) is 13.1 Å². The molecule has 1 saturated heterocycles. The summed E-state index contributed by atoms with van der Waals surface area (Å²) in [5.41, 5.74) is 2.74. The van der Waals surface area contributed by atoms with Gasteiger partial charge in [0, 0.05) is 33.2 Å². The molecule has 0 unspecified atom stereocenters. The van der Waals surface area contributed by atoms with Gasteiger partial charge in [0.25, 0.3) is 0 Å². The lowest BCUT2D eigenvalue weighted by Crippen LogP contribution is -2.37. The fourth-order valence-corrected chi connectivity index (χ4v) is 3.38. The zero-order valence-corrected chi connectivity index (χ0v) is 17.9. The van der Waals surface area contributed by atoms with E-state index in [2.05, 4.69) is 27.1 Å². The van der Waals surface area contributed by atoms with E-state index >= 15 is 0 Å². The summed E-state index contributed by atoms with van der Waals surface area (Å²) in [7, 11) is 1.73. The zero-order chi connectivity index (χ0) is 17.5. The standard InChI is InChI=1S/C18H23FN4OS.HI/c1-20-18(22-12-15-4-9-25-13-15)21-11-14-2-3-17(16(19)10-14)23-5-7-24-8-6-23;/h2-4,9-10,13H,5-8,11-12H2,1H3,(H2,20,21,22);1H. The molecule has 0 radical (unpaired) electrons. The Hall–Kier alpha value is -1.39. The number of nitrogens with zero attached hydrogens (tertiary/aromatic N) is 2. The molecule has 142 valence electrons. The average Bonchev–Trinajstić information content (AvgIpc) is 3.16. The van der Waals surface area contributed by atoms with Gasteiger partial charge in [-0.3, -0.25) is 4.99 Å². The molecule has 8 heteroatoms. The lowest BCUT2D eigenvalue weighted by atomic mass is 10.1. The fourth-order valence-electron chi connectivity index (χ4n) is 2.71. The van der Waals surface area contributed by atoms with Gasteiger partial charge in [0.2, 0.25) is 0 Å². The van der Waals surface area contributed by atoms with E-state index in [0.29, 0.717) is 38.0 Å². The van der Waals surface area contributed by atoms with E-state index in [4.69, 9.17) is 4.74 Å². The molecule has 2 N–H and O–H groups in total. The molecule has 1 aromatic carbocycles. The predicted octanol–water partition coefficient (Wildman–Crippen LogP) is 3.21. The Kier molecular flexibility index (Phi) is 8.60. The van der Waals surface area contributed by atoms with Crippen LogP contribution in [0.2, 0.25) is 0 Å². The number of benzene rings is 1. The van der Waals surface area contributed by atoms with Gasteiger partial charge in [0.15, 0.2) is 5.96 Å². The summed E-state index contributed by atoms with van der Waals surface area (Å²) in [6.45, 7) is 3.99. The minimum atomic E-state index is -0.192. The van der Waals surface area contributed by atoms with Crippen LogP contribution in [0.15, 0.2) is 40.0 Å². The van der Waals surface area contributed by atoms with E-state index in [1.54, 1.807) is 24.5 Å². The molecule has 2 heterocycles. The number of halogens is 2. The predicted molar refractivity (Wildman–Crippen MR) is 116 cm³/mol. The molecule has 3 rings (SSSR count). The topological polar surface area (TPSA) is 48.9 Å². The molecule has 2 aromatic rings. The van der Waals surface area contributed by atoms with Crippen molar-refractivity contribution >= 4 is 47.0 Å². The number of aliphatic imine (C=N–C) groups is 1. The van der Waals surface area contributed by atoms with Crippen LogP contribution in [0.1, 0.15) is 11.1 Å². The van der Waals surface area contributed by atoms with E-state index in [1.165, 1.54) is 5.56 Å². The van der Waals surface area contributed by atoms with Gasteiger partial charge in [-0.25, -0.2) is 4.39 Å². The Morgan fingerprint density at radius 3 is 2.54 bits per heavy atom. The van der Waals surface area contributed by atoms with E-state index in [1.807, 2.05) is 22.4 Å². The third-order valence-corrected chi connectivity index (χ3v) is 4.82. The summed E-state index contributed by atoms with van der Waals surface area (Å²) in [4.78, 5) is 6.22. The Morgan fingerprint density at radius 2 is 1.92 bits per heavy atom. The second-order valence-electron chi connectivity index (χ2n) is 5.80. The highest BCUT2D eigenvalue weighted by Crippen LogP contribution is 2.21. The van der Waals surface area contributed by atoms with Crippen LogP contribution in [-0.4, -0.2) is 39.3 Å². The van der Waals surface area contributed by atoms with Gasteiger partial charge in [-0.05, 0) is 40.1 Å². The van der Waals surface area contributed by atoms with Crippen molar-refractivity contribution < 1.29 is 9.13 Å². The van der Waals surface area contributed by atoms with E-state index < -0.39 is 0 Å². The first kappa shape index (κ1) is 20.9. The van der Waals surface area contributed by atoms with Crippen molar-refractivity contribution in [3.05, 3.63) is 52.0 Å². The molecule has 0 atom stereocenters. The van der Waals surface area contributed by atoms with Crippen LogP contribution in [0.3, 0.4) is 0 Å². The Balaban J connectivity index is 0.00000243. The normalized spacial score (nSPS) is 14.7. The molecule has 1 aliphatic rings. The van der Waals surface area contributed by atoms with E-state index in [-0.39, 0.29) is 29.8 Å². The first-order chi connectivity index (χ1) is 12.3. The van der Waals surface area contributed by atoms with Gasteiger partial charge in [-0.2, -0.15) is 11.3 Å². The number of ether oxygens (including phenoxy) is 1. The molecule has 0 amide bonds. The molecule has 1 aromatic heterocycles. The van der Waals surface area contributed by atoms with Crippen molar-refractivity contribution in [3.63, 3.8) is 0 Å². The molecular formula is C18H24FIN4OS. The largest absolute Gasteiger partial charge is 0.378 e. The number of rotatable bonds is 5. The van der Waals surface area contributed by atoms with Gasteiger partial charge in [0.05, 0.1) is 18.9 Å². The van der Waals surface area contributed by atoms with Crippen LogP contribution < -0.4 is 15.5 Å². The number of hydrogen-bond acceptors (Lipinski definition) is 4. The molecule has 1 aliphatic heterocycles. The highest BCUT2D eigenvalue weighted by Gasteiger charge is 2.15. The highest BCUT2D eigenvalue weighted by atomic mass is 127. The summed E-state index contributed by atoms with van der Waals surface area (Å²) in [5, 5.41) is 10.6. The maximum absolute atomic E-state index is 14.4. The van der Waals surface area contributed by atoms with Gasteiger partial charge < -0.3 is 20.3 Å². The Bertz CT molecular complexity index is 705. The van der Waals surface area contributed by atoms with Crippen molar-refractivity contribution in [1.82, 2.24) is 10.6 Å². The fraction of sp³-hybridized carbons (Fsp3) is 0.389. The van der Waals surface area contributed by atoms with Gasteiger partial charge >= 0.3 is 0 Å². The molecule has 1 fully saturated rings. The highest BCUT2D eigenvalue weighted by molar-refractivity contribution is 14.0. The Labute approximate surface area is 174 Å². The number of guanidine groups is 1. The molecule has 26 heavy (non-hydrogen) atoms. The van der Waals surface area contributed by atoms with Crippen molar-refractivity contribution in [3.8, 4) is 0 Å². The zero-order valence-electron chi connectivity index (χ0n) is 14.7. The van der Waals surface area contributed by atoms with Crippen LogP contribution in [0.4, 0.5) is 10.1 Å². The van der Waals surface area contributed by atoms with E-state index in [0.717, 1.165) is 18.7 Å². The van der Waals surface area contributed by atoms with Crippen LogP contribution in [0.25, 0.3) is 0 Å². The lowest BCUT2D eigenvalue weighted by molar-refractivity contribution is 0.122. The quantitative estimate of drug-likeness (QED) is 0.384. The lowest BCUT2D eigenvalue weighted by Gasteiger charge is -2.29. The number of thiophene rings is 1. The van der Waals surface area contributed by atoms with Crippen LogP contribution in [0, 0.1) is 5.82 Å². The van der Waals surface area contributed by atoms with Gasteiger partial charge in [-0.15, -0.1) is 24.0 Å². The molecule has 0 saturated carbocycles. The van der Waals surface area contributed by atoms with Crippen molar-refractivity contribution in [2.75, 3.05) is 38.3 Å². The summed E-state index contributed by atoms with van der Waals surface area (Å²) in [5.74, 6) is 0.506.